The fourth-order valence-corrected chi connectivity index (χ4v) is 2.70. The van der Waals surface area contributed by atoms with Crippen molar-refractivity contribution in [2.24, 2.45) is 0 Å². The lowest BCUT2D eigenvalue weighted by Crippen LogP contribution is -2.14. The summed E-state index contributed by atoms with van der Waals surface area (Å²) in [5, 5.41) is 7.00. The van der Waals surface area contributed by atoms with Gasteiger partial charge in [-0.15, -0.1) is 0 Å². The first kappa shape index (κ1) is 16.7. The van der Waals surface area contributed by atoms with Crippen LogP contribution in [0.2, 0.25) is 0 Å². The highest BCUT2D eigenvalue weighted by Crippen LogP contribution is 2.23. The highest BCUT2D eigenvalue weighted by molar-refractivity contribution is 6.03. The number of amides is 1. The van der Waals surface area contributed by atoms with Crippen LogP contribution in [0.3, 0.4) is 0 Å². The third-order valence-corrected chi connectivity index (χ3v) is 4.08. The fraction of sp³-hybridized carbons (Fsp3) is 0.0476. The monoisotopic (exact) mass is 355 g/mol. The average molecular weight is 355 g/mol. The van der Waals surface area contributed by atoms with Crippen LogP contribution in [0.5, 0.6) is 0 Å². The van der Waals surface area contributed by atoms with Gasteiger partial charge in [-0.3, -0.25) is 9.78 Å². The van der Waals surface area contributed by atoms with E-state index in [-0.39, 0.29) is 11.6 Å². The molecule has 0 unspecified atom stereocenters. The summed E-state index contributed by atoms with van der Waals surface area (Å²) in [4.78, 5) is 25.4. The van der Waals surface area contributed by atoms with Crippen LogP contribution in [0.4, 0.5) is 17.3 Å². The van der Waals surface area contributed by atoms with Gasteiger partial charge in [0.1, 0.15) is 5.69 Å². The van der Waals surface area contributed by atoms with Crippen LogP contribution < -0.4 is 10.6 Å². The van der Waals surface area contributed by atoms with Gasteiger partial charge in [0, 0.05) is 23.5 Å². The van der Waals surface area contributed by atoms with E-state index in [0.717, 1.165) is 27.8 Å². The van der Waals surface area contributed by atoms with Gasteiger partial charge < -0.3 is 10.6 Å². The number of fused-ring (bicyclic) bond motifs is 1. The highest BCUT2D eigenvalue weighted by Gasteiger charge is 2.10. The molecule has 2 aromatic carbocycles. The average Bonchev–Trinajstić information content (AvgIpc) is 2.70. The van der Waals surface area contributed by atoms with Gasteiger partial charge in [-0.05, 0) is 37.3 Å². The lowest BCUT2D eigenvalue weighted by Gasteiger charge is -2.09. The Labute approximate surface area is 156 Å². The quantitative estimate of drug-likeness (QED) is 0.569. The number of benzene rings is 2. The van der Waals surface area contributed by atoms with Gasteiger partial charge in [0.25, 0.3) is 5.91 Å². The molecule has 2 N–H and O–H groups in total. The molecule has 4 aromatic rings. The van der Waals surface area contributed by atoms with Crippen molar-refractivity contribution in [2.75, 3.05) is 10.6 Å². The van der Waals surface area contributed by atoms with Crippen LogP contribution in [0.1, 0.15) is 16.1 Å². The first-order valence-electron chi connectivity index (χ1n) is 8.51. The summed E-state index contributed by atoms with van der Waals surface area (Å²) in [5.74, 6) is 0.0463. The van der Waals surface area contributed by atoms with Crippen LogP contribution >= 0.6 is 0 Å². The number of pyridine rings is 1. The van der Waals surface area contributed by atoms with E-state index in [9.17, 15) is 4.79 Å². The molecule has 0 radical (unpaired) electrons. The summed E-state index contributed by atoms with van der Waals surface area (Å²) in [6.45, 7) is 2.00. The Morgan fingerprint density at radius 2 is 1.70 bits per heavy atom. The normalized spacial score (nSPS) is 10.6. The minimum atomic E-state index is -0.291. The van der Waals surface area contributed by atoms with Crippen molar-refractivity contribution in [3.05, 3.63) is 84.3 Å². The van der Waals surface area contributed by atoms with Gasteiger partial charge in [0.05, 0.1) is 11.2 Å². The largest absolute Gasteiger partial charge is 0.322 e. The second-order valence-corrected chi connectivity index (χ2v) is 6.09. The summed E-state index contributed by atoms with van der Waals surface area (Å²) >= 11 is 0. The summed E-state index contributed by atoms with van der Waals surface area (Å²) < 4.78 is 0. The molecule has 6 heteroatoms. The molecule has 0 spiro atoms. The molecule has 6 nitrogen and oxygen atoms in total. The van der Waals surface area contributed by atoms with Gasteiger partial charge >= 0.3 is 0 Å². The molecule has 2 aromatic heterocycles. The zero-order chi connectivity index (χ0) is 18.6. The van der Waals surface area contributed by atoms with Gasteiger partial charge in [0.2, 0.25) is 5.95 Å². The zero-order valence-corrected chi connectivity index (χ0v) is 14.7. The van der Waals surface area contributed by atoms with E-state index in [1.807, 2.05) is 61.5 Å². The predicted molar refractivity (Wildman–Crippen MR) is 106 cm³/mol. The molecule has 2 heterocycles. The number of carbonyl (C=O) groups excluding carboxylic acids is 1. The number of nitrogens with one attached hydrogen (secondary N) is 2. The van der Waals surface area contributed by atoms with Crippen molar-refractivity contribution in [3.8, 4) is 0 Å². The van der Waals surface area contributed by atoms with E-state index in [1.54, 1.807) is 18.5 Å². The number of para-hydroxylation sites is 1. The number of anilines is 3. The Morgan fingerprint density at radius 3 is 2.56 bits per heavy atom. The number of hydrogen-bond donors (Lipinski definition) is 2. The van der Waals surface area contributed by atoms with Crippen LogP contribution in [0.25, 0.3) is 10.9 Å². The van der Waals surface area contributed by atoms with Crippen LogP contribution in [0, 0.1) is 6.92 Å². The second-order valence-electron chi connectivity index (χ2n) is 6.09. The van der Waals surface area contributed by atoms with Crippen molar-refractivity contribution in [2.45, 2.75) is 6.92 Å². The molecule has 0 aliphatic carbocycles. The summed E-state index contributed by atoms with van der Waals surface area (Å²) in [6.07, 6.45) is 3.29. The third-order valence-electron chi connectivity index (χ3n) is 4.08. The summed E-state index contributed by atoms with van der Waals surface area (Å²) in [6, 6.07) is 18.9. The number of rotatable bonds is 4. The molecule has 0 aliphatic rings. The molecule has 4 rings (SSSR count). The highest BCUT2D eigenvalue weighted by atomic mass is 16.1. The Kier molecular flexibility index (Phi) is 4.45. The Hall–Kier alpha value is -3.80. The third kappa shape index (κ3) is 3.74. The van der Waals surface area contributed by atoms with Gasteiger partial charge in [-0.25, -0.2) is 9.97 Å². The maximum absolute atomic E-state index is 12.5. The Balaban J connectivity index is 1.57. The molecule has 1 amide bonds. The van der Waals surface area contributed by atoms with Gasteiger partial charge in [-0.2, -0.15) is 0 Å². The Morgan fingerprint density at radius 1 is 0.889 bits per heavy atom. The van der Waals surface area contributed by atoms with Crippen molar-refractivity contribution in [3.63, 3.8) is 0 Å². The predicted octanol–water partition coefficient (Wildman–Crippen LogP) is 4.33. The van der Waals surface area contributed by atoms with E-state index < -0.39 is 0 Å². The van der Waals surface area contributed by atoms with Crippen LogP contribution in [-0.2, 0) is 0 Å². The molecular weight excluding hydrogens is 338 g/mol. The summed E-state index contributed by atoms with van der Waals surface area (Å²) in [5.41, 5.74) is 3.73. The molecule has 0 atom stereocenters. The fourth-order valence-electron chi connectivity index (χ4n) is 2.70. The van der Waals surface area contributed by atoms with Gasteiger partial charge in [-0.1, -0.05) is 35.9 Å². The first-order chi connectivity index (χ1) is 13.2. The second kappa shape index (κ2) is 7.21. The van der Waals surface area contributed by atoms with E-state index in [2.05, 4.69) is 25.6 Å². The maximum atomic E-state index is 12.5. The standard InChI is InChI=1S/C21H17N5O/c1-14-7-9-16(10-8-14)24-20(27)18-11-13-23-21(26-18)25-17-6-2-4-15-5-3-12-22-19(15)17/h2-13H,1H3,(H,24,27)(H,23,25,26). The molecular formula is C21H17N5O. The van der Waals surface area contributed by atoms with Crippen LogP contribution in [0.15, 0.2) is 73.1 Å². The minimum absolute atomic E-state index is 0.279. The molecule has 0 saturated heterocycles. The molecule has 0 bridgehead atoms. The van der Waals surface area contributed by atoms with Crippen molar-refractivity contribution < 1.29 is 4.79 Å². The maximum Gasteiger partial charge on any atom is 0.274 e. The van der Waals surface area contributed by atoms with Crippen molar-refractivity contribution >= 4 is 34.1 Å². The number of aromatic nitrogens is 3. The molecule has 0 aliphatic heterocycles. The molecule has 0 saturated carbocycles. The first-order valence-corrected chi connectivity index (χ1v) is 8.51. The van der Waals surface area contributed by atoms with Crippen LogP contribution in [-0.4, -0.2) is 20.9 Å². The molecule has 0 fully saturated rings. The number of hydrogen-bond acceptors (Lipinski definition) is 5. The van der Waals surface area contributed by atoms with E-state index >= 15 is 0 Å². The summed E-state index contributed by atoms with van der Waals surface area (Å²) in [7, 11) is 0. The SMILES string of the molecule is Cc1ccc(NC(=O)c2ccnc(Nc3cccc4cccnc34)n2)cc1. The lowest BCUT2D eigenvalue weighted by molar-refractivity contribution is 0.102. The number of carbonyl (C=O) groups is 1. The number of aryl methyl sites for hydroxylation is 1. The molecule has 132 valence electrons. The van der Waals surface area contributed by atoms with E-state index in [4.69, 9.17) is 0 Å². The molecule has 27 heavy (non-hydrogen) atoms. The van der Waals surface area contributed by atoms with Gasteiger partial charge in [0.15, 0.2) is 0 Å². The lowest BCUT2D eigenvalue weighted by atomic mass is 10.2. The zero-order valence-electron chi connectivity index (χ0n) is 14.7. The van der Waals surface area contributed by atoms with Crippen molar-refractivity contribution in [1.82, 2.24) is 15.0 Å². The topological polar surface area (TPSA) is 79.8 Å². The minimum Gasteiger partial charge on any atom is -0.322 e. The van der Waals surface area contributed by atoms with E-state index in [0.29, 0.717) is 5.95 Å². The number of nitrogens with zero attached hydrogens (tertiary/aromatic N) is 3. The smallest absolute Gasteiger partial charge is 0.274 e. The van der Waals surface area contributed by atoms with Crippen molar-refractivity contribution in [1.29, 1.82) is 0 Å². The van der Waals surface area contributed by atoms with E-state index in [1.165, 1.54) is 0 Å². The Bertz CT molecular complexity index is 1100.